The second-order valence-electron chi connectivity index (χ2n) is 6.51. The van der Waals surface area contributed by atoms with Gasteiger partial charge in [-0.1, -0.05) is 24.3 Å². The van der Waals surface area contributed by atoms with Crippen molar-refractivity contribution < 1.29 is 13.8 Å². The molecule has 1 aliphatic heterocycles. The van der Waals surface area contributed by atoms with Crippen molar-refractivity contribution in [2.45, 2.75) is 26.4 Å². The number of halogens is 1. The number of quaternary nitrogens is 1. The van der Waals surface area contributed by atoms with Crippen LogP contribution in [0.3, 0.4) is 0 Å². The Morgan fingerprint density at radius 1 is 1.00 bits per heavy atom. The number of carbonyl (C=O) groups excluding carboxylic acids is 1. The molecule has 1 amide bonds. The Labute approximate surface area is 148 Å². The number of para-hydroxylation sites is 2. The van der Waals surface area contributed by atoms with E-state index in [4.69, 9.17) is 0 Å². The van der Waals surface area contributed by atoms with Crippen molar-refractivity contribution in [1.82, 2.24) is 0 Å². The van der Waals surface area contributed by atoms with Crippen LogP contribution >= 0.6 is 12.4 Å². The van der Waals surface area contributed by atoms with Crippen LogP contribution in [0.15, 0.2) is 54.6 Å². The van der Waals surface area contributed by atoms with E-state index in [0.717, 1.165) is 32.6 Å². The maximum Gasteiger partial charge on any atom is 0.319 e. The maximum absolute atomic E-state index is 12.6. The molecule has 1 aromatic heterocycles. The topological polar surface area (TPSA) is 20.9 Å². The molecule has 1 fully saturated rings. The second-order valence-corrected chi connectivity index (χ2v) is 6.51. The molecule has 124 valence electrons. The van der Waals surface area contributed by atoms with Crippen molar-refractivity contribution in [2.24, 2.45) is 0 Å². The van der Waals surface area contributed by atoms with Gasteiger partial charge in [-0.05, 0) is 25.1 Å². The van der Waals surface area contributed by atoms with Gasteiger partial charge in [0, 0.05) is 29.3 Å². The third-order valence-electron chi connectivity index (χ3n) is 5.29. The van der Waals surface area contributed by atoms with Gasteiger partial charge in [-0.15, -0.1) is 17.0 Å². The number of fused-ring (bicyclic) bond motifs is 2. The zero-order valence-corrected chi connectivity index (χ0v) is 14.8. The van der Waals surface area contributed by atoms with E-state index < -0.39 is 0 Å². The molecule has 0 bridgehead atoms. The number of rotatable bonds is 3. The zero-order valence-electron chi connectivity index (χ0n) is 13.9. The molecule has 2 heterocycles. The molecule has 2 aromatic carbocycles. The number of likely N-dealkylation sites (tertiary alicyclic amines) is 1. The average molecular weight is 343 g/mol. The second kappa shape index (κ2) is 6.50. The van der Waals surface area contributed by atoms with Crippen molar-refractivity contribution in [1.29, 1.82) is 0 Å². The molecule has 1 saturated heterocycles. The summed E-state index contributed by atoms with van der Waals surface area (Å²) in [7, 11) is 0. The summed E-state index contributed by atoms with van der Waals surface area (Å²) in [6.45, 7) is 4.69. The fourth-order valence-corrected chi connectivity index (χ4v) is 3.91. The number of aromatic nitrogens is 1. The van der Waals surface area contributed by atoms with Crippen molar-refractivity contribution in [3.05, 3.63) is 54.6 Å². The molecule has 4 heteroatoms. The molecular weight excluding hydrogens is 320 g/mol. The summed E-state index contributed by atoms with van der Waals surface area (Å²) in [5, 5.41) is 2.46. The van der Waals surface area contributed by atoms with Crippen molar-refractivity contribution >= 4 is 40.1 Å². The first-order chi connectivity index (χ1) is 11.2. The molecule has 1 atom stereocenters. The van der Waals surface area contributed by atoms with Crippen LogP contribution in [0.2, 0.25) is 0 Å². The molecule has 3 aromatic rings. The Morgan fingerprint density at radius 2 is 1.58 bits per heavy atom. The monoisotopic (exact) mass is 342 g/mol. The minimum Gasteiger partial charge on any atom is -0.231 e. The van der Waals surface area contributed by atoms with Crippen molar-refractivity contribution in [2.75, 3.05) is 13.1 Å². The smallest absolute Gasteiger partial charge is 0.231 e. The molecule has 0 radical (unpaired) electrons. The van der Waals surface area contributed by atoms with Crippen LogP contribution in [0.25, 0.3) is 21.8 Å². The van der Waals surface area contributed by atoms with Gasteiger partial charge in [0.05, 0.1) is 19.5 Å². The normalized spacial score (nSPS) is 20.5. The lowest BCUT2D eigenvalue weighted by Crippen LogP contribution is -2.58. The van der Waals surface area contributed by atoms with E-state index in [-0.39, 0.29) is 12.4 Å². The quantitative estimate of drug-likeness (QED) is 0.403. The number of hydrogen-bond donors (Lipinski definition) is 0. The van der Waals surface area contributed by atoms with E-state index in [0.29, 0.717) is 10.4 Å². The third kappa shape index (κ3) is 2.58. The molecule has 1 unspecified atom stereocenters. The highest BCUT2D eigenvalue weighted by atomic mass is 35.5. The van der Waals surface area contributed by atoms with Crippen LogP contribution in [-0.4, -0.2) is 23.5 Å². The zero-order chi connectivity index (χ0) is 15.9. The van der Waals surface area contributed by atoms with Crippen molar-refractivity contribution in [3.8, 4) is 0 Å². The predicted octanol–water partition coefficient (Wildman–Crippen LogP) is 3.82. The fraction of sp³-hybridized carbons (Fsp3) is 0.300. The lowest BCUT2D eigenvalue weighted by molar-refractivity contribution is -0.984. The standard InChI is InChI=1S/C20H22N2O.ClH/c1-2-22(13-7-12-20(22)23)15-21-18-10-5-3-8-16(18)14-17-9-4-6-11-19(17)21;/h3-6,8-11,14H,2,7,12-13,15H2,1H3;1H/q+2;. The Balaban J connectivity index is 0.00000169. The molecule has 3 nitrogen and oxygen atoms in total. The van der Waals surface area contributed by atoms with E-state index in [9.17, 15) is 4.79 Å². The first-order valence-electron chi connectivity index (χ1n) is 8.43. The molecule has 4 rings (SSSR count). The number of pyridine rings is 1. The number of hydrogen-bond acceptors (Lipinski definition) is 1. The van der Waals surface area contributed by atoms with Crippen LogP contribution < -0.4 is 4.57 Å². The largest absolute Gasteiger partial charge is 0.319 e. The number of amides is 1. The van der Waals surface area contributed by atoms with Crippen molar-refractivity contribution in [3.63, 3.8) is 0 Å². The summed E-state index contributed by atoms with van der Waals surface area (Å²) >= 11 is 0. The van der Waals surface area contributed by atoms with Crippen LogP contribution in [0.1, 0.15) is 19.8 Å². The van der Waals surface area contributed by atoms with Gasteiger partial charge in [-0.2, -0.15) is 0 Å². The van der Waals surface area contributed by atoms with Gasteiger partial charge in [-0.3, -0.25) is 0 Å². The Bertz CT molecular complexity index is 854. The van der Waals surface area contributed by atoms with E-state index in [1.54, 1.807) is 0 Å². The van der Waals surface area contributed by atoms with Gasteiger partial charge in [-0.25, -0.2) is 9.28 Å². The summed E-state index contributed by atoms with van der Waals surface area (Å²) in [5.41, 5.74) is 2.41. The molecule has 0 saturated carbocycles. The molecule has 0 spiro atoms. The van der Waals surface area contributed by atoms with E-state index >= 15 is 0 Å². The minimum atomic E-state index is 0. The van der Waals surface area contributed by atoms with E-state index in [1.165, 1.54) is 21.8 Å². The van der Waals surface area contributed by atoms with Gasteiger partial charge >= 0.3 is 5.91 Å². The molecule has 1 aliphatic rings. The fourth-order valence-electron chi connectivity index (χ4n) is 3.91. The summed E-state index contributed by atoms with van der Waals surface area (Å²) in [6, 6.07) is 19.2. The SMILES string of the molecule is CC[N+]1(C[n+]2c3ccccc3cc3ccccc32)CCCC1=O.Cl. The Kier molecular flexibility index (Phi) is 4.57. The van der Waals surface area contributed by atoms with E-state index in [2.05, 4.69) is 66.1 Å². The van der Waals surface area contributed by atoms with Gasteiger partial charge in [0.1, 0.15) is 0 Å². The lowest BCUT2D eigenvalue weighted by Gasteiger charge is -2.27. The number of nitrogens with zero attached hydrogens (tertiary/aromatic N) is 2. The summed E-state index contributed by atoms with van der Waals surface area (Å²) < 4.78 is 2.92. The highest BCUT2D eigenvalue weighted by molar-refractivity contribution is 5.88. The predicted molar refractivity (Wildman–Crippen MR) is 98.8 cm³/mol. The average Bonchev–Trinajstić information content (AvgIpc) is 2.95. The van der Waals surface area contributed by atoms with Crippen LogP contribution in [-0.2, 0) is 11.5 Å². The third-order valence-corrected chi connectivity index (χ3v) is 5.29. The van der Waals surface area contributed by atoms with Gasteiger partial charge in [0.2, 0.25) is 11.0 Å². The van der Waals surface area contributed by atoms with Crippen LogP contribution in [0, 0.1) is 0 Å². The number of carbonyl (C=O) groups is 1. The highest BCUT2D eigenvalue weighted by Crippen LogP contribution is 2.23. The van der Waals surface area contributed by atoms with Gasteiger partial charge in [0.25, 0.3) is 6.67 Å². The molecule has 0 aliphatic carbocycles. The van der Waals surface area contributed by atoms with Crippen LogP contribution in [0.5, 0.6) is 0 Å². The first kappa shape index (κ1) is 16.9. The summed E-state index contributed by atoms with van der Waals surface area (Å²) in [6.07, 6.45) is 1.73. The summed E-state index contributed by atoms with van der Waals surface area (Å²) in [4.78, 5) is 12.6. The van der Waals surface area contributed by atoms with Gasteiger partial charge < -0.3 is 0 Å². The molecule has 24 heavy (non-hydrogen) atoms. The maximum atomic E-state index is 12.6. The highest BCUT2D eigenvalue weighted by Gasteiger charge is 2.43. The Morgan fingerprint density at radius 3 is 2.08 bits per heavy atom. The van der Waals surface area contributed by atoms with E-state index in [1.807, 2.05) is 0 Å². The van der Waals surface area contributed by atoms with Crippen LogP contribution in [0.4, 0.5) is 0 Å². The first-order valence-corrected chi connectivity index (χ1v) is 8.43. The Hall–Kier alpha value is -1.97. The summed E-state index contributed by atoms with van der Waals surface area (Å²) in [5.74, 6) is 0.386. The minimum absolute atomic E-state index is 0. The lowest BCUT2D eigenvalue weighted by atomic mass is 10.1. The van der Waals surface area contributed by atoms with Gasteiger partial charge in [0.15, 0.2) is 0 Å². The molecule has 0 N–H and O–H groups in total. The number of benzene rings is 2. The molecular formula is C20H23ClN2O+2.